The summed E-state index contributed by atoms with van der Waals surface area (Å²) in [6.45, 7) is 31.8. The maximum absolute atomic E-state index is 2.86. The summed E-state index contributed by atoms with van der Waals surface area (Å²) in [5.74, 6) is 0.593. The first kappa shape index (κ1) is 53.5. The molecular formula is C79H82BN3. The molecular weight excluding hydrogens is 1000 g/mol. The maximum atomic E-state index is 2.86. The number of hydrogen-bond acceptors (Lipinski definition) is 3. The van der Waals surface area contributed by atoms with Gasteiger partial charge in [0.15, 0.2) is 0 Å². The molecule has 4 heteroatoms. The summed E-state index contributed by atoms with van der Waals surface area (Å²) in [6, 6.07) is 75.5. The van der Waals surface area contributed by atoms with Crippen LogP contribution in [0.3, 0.4) is 0 Å². The van der Waals surface area contributed by atoms with E-state index in [-0.39, 0.29) is 39.3 Å². The molecule has 83 heavy (non-hydrogen) atoms. The molecule has 9 aromatic rings. The SMILES string of the molecule is CC1(C)Cc2cc3c(cc2C1)N(c1ccc(C(C)(C)C)cc1-c1ccccc1)c1cc(N2c4ccc(C(C)(C)C)cc4C4(C)CC(C(C)(C)C)CCC24C)cc2c1B3c1cc(-c3ccccc3)ccc1N2c1ccc(-c2ccccc2)cc1. The van der Waals surface area contributed by atoms with Crippen LogP contribution in [0.4, 0.5) is 45.5 Å². The minimum atomic E-state index is -0.222. The molecule has 3 aliphatic heterocycles. The molecule has 2 aliphatic carbocycles. The molecule has 0 N–H and O–H groups in total. The van der Waals surface area contributed by atoms with Crippen LogP contribution in [-0.4, -0.2) is 12.3 Å². The van der Waals surface area contributed by atoms with Crippen LogP contribution in [0, 0.1) is 16.7 Å². The van der Waals surface area contributed by atoms with E-state index in [9.17, 15) is 0 Å². The van der Waals surface area contributed by atoms with Crippen LogP contribution in [0.2, 0.25) is 0 Å². The molecule has 0 bridgehead atoms. The molecule has 1 saturated carbocycles. The van der Waals surface area contributed by atoms with Crippen molar-refractivity contribution in [2.75, 3.05) is 14.7 Å². The molecule has 0 aromatic heterocycles. The average Bonchev–Trinajstić information content (AvgIpc) is 1.74. The van der Waals surface area contributed by atoms with Gasteiger partial charge in [0.2, 0.25) is 0 Å². The fraction of sp³-hybridized carbons (Fsp3) is 0.316. The van der Waals surface area contributed by atoms with E-state index >= 15 is 0 Å². The Hall–Kier alpha value is -7.56. The van der Waals surface area contributed by atoms with E-state index in [0.29, 0.717) is 5.92 Å². The van der Waals surface area contributed by atoms with Gasteiger partial charge in [-0.25, -0.2) is 0 Å². The van der Waals surface area contributed by atoms with Gasteiger partial charge in [0.25, 0.3) is 6.71 Å². The first-order valence-corrected chi connectivity index (χ1v) is 30.9. The van der Waals surface area contributed by atoms with E-state index in [1.165, 1.54) is 124 Å². The Labute approximate surface area is 496 Å². The predicted molar refractivity (Wildman–Crippen MR) is 356 cm³/mol. The van der Waals surface area contributed by atoms with Crippen molar-refractivity contribution in [2.24, 2.45) is 16.7 Å². The van der Waals surface area contributed by atoms with E-state index in [4.69, 9.17) is 0 Å². The summed E-state index contributed by atoms with van der Waals surface area (Å²) in [6.07, 6.45) is 5.53. The highest BCUT2D eigenvalue weighted by atomic mass is 15.3. The van der Waals surface area contributed by atoms with Gasteiger partial charge in [0, 0.05) is 50.8 Å². The highest BCUT2D eigenvalue weighted by Crippen LogP contribution is 2.65. The third-order valence-electron chi connectivity index (χ3n) is 20.7. The Kier molecular flexibility index (Phi) is 12.1. The van der Waals surface area contributed by atoms with Gasteiger partial charge in [-0.05, 0) is 193 Å². The molecule has 3 atom stereocenters. The van der Waals surface area contributed by atoms with Crippen molar-refractivity contribution in [2.45, 2.75) is 144 Å². The molecule has 5 aliphatic rings. The van der Waals surface area contributed by atoms with Crippen molar-refractivity contribution in [3.63, 3.8) is 0 Å². The van der Waals surface area contributed by atoms with Gasteiger partial charge in [-0.1, -0.05) is 223 Å². The molecule has 3 heterocycles. The normalized spacial score (nSPS) is 20.3. The average molecular weight is 1080 g/mol. The summed E-state index contributed by atoms with van der Waals surface area (Å²) >= 11 is 0. The molecule has 416 valence electrons. The topological polar surface area (TPSA) is 9.72 Å². The second-order valence-electron chi connectivity index (χ2n) is 29.8. The maximum Gasteiger partial charge on any atom is 0.252 e. The Balaban J connectivity index is 1.11. The van der Waals surface area contributed by atoms with Crippen molar-refractivity contribution < 1.29 is 0 Å². The quantitative estimate of drug-likeness (QED) is 0.154. The van der Waals surface area contributed by atoms with Gasteiger partial charge in [-0.3, -0.25) is 0 Å². The van der Waals surface area contributed by atoms with E-state index in [1.54, 1.807) is 0 Å². The van der Waals surface area contributed by atoms with E-state index in [0.717, 1.165) is 31.4 Å². The van der Waals surface area contributed by atoms with Crippen LogP contribution in [-0.2, 0) is 29.1 Å². The number of rotatable bonds is 6. The Morgan fingerprint density at radius 2 is 0.952 bits per heavy atom. The number of fused-ring (bicyclic) bond motifs is 8. The number of hydrogen-bond donors (Lipinski definition) is 0. The molecule has 14 rings (SSSR count). The third kappa shape index (κ3) is 8.58. The zero-order chi connectivity index (χ0) is 57.8. The first-order chi connectivity index (χ1) is 39.5. The lowest BCUT2D eigenvalue weighted by Crippen LogP contribution is -2.62. The van der Waals surface area contributed by atoms with Crippen LogP contribution in [0.5, 0.6) is 0 Å². The van der Waals surface area contributed by atoms with Crippen LogP contribution in [0.25, 0.3) is 33.4 Å². The summed E-state index contributed by atoms with van der Waals surface area (Å²) in [7, 11) is 0. The standard InChI is InChI=1S/C79H82BN3/c1-74(2,3)58-32-37-67(63(44-58)54-27-21-16-22-28-54)82-70-43-57-49-77(10,11)48-56(57)42-66(70)80-65-41-55(52-25-19-15-20-26-52)31-36-69(65)81(61-34-29-53(30-35-61)51-23-17-14-18-24-51)71-46-62(47-72(82)73(71)80)83-68-38-33-59(75(4,5)6)45-64(68)78(12)50-60(76(7,8)9)39-40-79(78,83)13/h14-38,41-47,60H,39-40,48-50H2,1-13H3. The lowest BCUT2D eigenvalue weighted by molar-refractivity contribution is 0.0786. The fourth-order valence-corrected chi connectivity index (χ4v) is 15.9. The molecule has 0 saturated heterocycles. The second-order valence-corrected chi connectivity index (χ2v) is 29.8. The lowest BCUT2D eigenvalue weighted by Gasteiger charge is -2.55. The van der Waals surface area contributed by atoms with Crippen molar-refractivity contribution in [3.05, 3.63) is 222 Å². The highest BCUT2D eigenvalue weighted by molar-refractivity contribution is 7.00. The zero-order valence-corrected chi connectivity index (χ0v) is 51.5. The van der Waals surface area contributed by atoms with Gasteiger partial charge in [0.1, 0.15) is 0 Å². The van der Waals surface area contributed by atoms with Gasteiger partial charge < -0.3 is 14.7 Å². The smallest absolute Gasteiger partial charge is 0.252 e. The van der Waals surface area contributed by atoms with Crippen molar-refractivity contribution in [1.82, 2.24) is 0 Å². The molecule has 9 aromatic carbocycles. The molecule has 3 unspecified atom stereocenters. The molecule has 1 fully saturated rings. The van der Waals surface area contributed by atoms with Crippen LogP contribution in [0.15, 0.2) is 194 Å². The molecule has 0 radical (unpaired) electrons. The number of benzene rings is 9. The van der Waals surface area contributed by atoms with E-state index in [2.05, 4.69) is 299 Å². The Morgan fingerprint density at radius 3 is 1.57 bits per heavy atom. The molecule has 0 spiro atoms. The van der Waals surface area contributed by atoms with Crippen LogP contribution < -0.4 is 31.1 Å². The summed E-state index contributed by atoms with van der Waals surface area (Å²) < 4.78 is 0. The van der Waals surface area contributed by atoms with Crippen LogP contribution >= 0.6 is 0 Å². The van der Waals surface area contributed by atoms with Crippen molar-refractivity contribution in [3.8, 4) is 33.4 Å². The van der Waals surface area contributed by atoms with Gasteiger partial charge in [-0.15, -0.1) is 0 Å². The summed E-state index contributed by atoms with van der Waals surface area (Å²) in [4.78, 5) is 8.26. The largest absolute Gasteiger partial charge is 0.334 e. The fourth-order valence-electron chi connectivity index (χ4n) is 15.9. The minimum Gasteiger partial charge on any atom is -0.334 e. The summed E-state index contributed by atoms with van der Waals surface area (Å²) in [5.41, 5.74) is 28.6. The van der Waals surface area contributed by atoms with Crippen LogP contribution in [0.1, 0.15) is 137 Å². The van der Waals surface area contributed by atoms with Gasteiger partial charge in [0.05, 0.1) is 11.2 Å². The predicted octanol–water partition coefficient (Wildman–Crippen LogP) is 19.5. The number of anilines is 8. The molecule has 0 amide bonds. The van der Waals surface area contributed by atoms with Crippen molar-refractivity contribution in [1.29, 1.82) is 0 Å². The van der Waals surface area contributed by atoms with Crippen molar-refractivity contribution >= 4 is 68.6 Å². The minimum absolute atomic E-state index is 0.00488. The lowest BCUT2D eigenvalue weighted by atomic mass is 9.33. The molecule has 3 nitrogen and oxygen atoms in total. The first-order valence-electron chi connectivity index (χ1n) is 30.9. The van der Waals surface area contributed by atoms with Gasteiger partial charge >= 0.3 is 0 Å². The Bertz CT molecular complexity index is 4020. The number of nitrogens with zero attached hydrogens (tertiary/aromatic N) is 3. The third-order valence-corrected chi connectivity index (χ3v) is 20.7. The second kappa shape index (κ2) is 18.7. The van der Waals surface area contributed by atoms with E-state index < -0.39 is 0 Å². The zero-order valence-electron chi connectivity index (χ0n) is 51.5. The Morgan fingerprint density at radius 1 is 0.434 bits per heavy atom. The monoisotopic (exact) mass is 1080 g/mol. The van der Waals surface area contributed by atoms with E-state index in [1.807, 2.05) is 0 Å². The van der Waals surface area contributed by atoms with Gasteiger partial charge in [-0.2, -0.15) is 0 Å². The summed E-state index contributed by atoms with van der Waals surface area (Å²) in [5, 5.41) is 0. The highest BCUT2D eigenvalue weighted by Gasteiger charge is 2.61.